The minimum Gasteiger partial charge on any atom is -0.497 e. The molecule has 0 amide bonds. The van der Waals surface area contributed by atoms with E-state index in [1.54, 1.807) is 7.11 Å². The average molecular weight is 360 g/mol. The topological polar surface area (TPSA) is 50.3 Å². The van der Waals surface area contributed by atoms with Crippen molar-refractivity contribution in [3.63, 3.8) is 0 Å². The van der Waals surface area contributed by atoms with Gasteiger partial charge < -0.3 is 15.0 Å². The zero-order chi connectivity index (χ0) is 18.6. The smallest absolute Gasteiger partial charge is 0.232 e. The molecule has 4 rings (SSSR count). The normalized spacial score (nSPS) is 12.7. The number of rotatable bonds is 6. The number of hydrogen-bond acceptors (Lipinski definition) is 5. The predicted octanol–water partition coefficient (Wildman–Crippen LogP) is 4.14. The first kappa shape index (κ1) is 17.3. The van der Waals surface area contributed by atoms with Crippen LogP contribution in [0.15, 0.2) is 54.6 Å². The fourth-order valence-corrected chi connectivity index (χ4v) is 3.44. The van der Waals surface area contributed by atoms with Gasteiger partial charge in [-0.3, -0.25) is 0 Å². The molecule has 0 aliphatic carbocycles. The Morgan fingerprint density at radius 1 is 1.07 bits per heavy atom. The van der Waals surface area contributed by atoms with Crippen LogP contribution < -0.4 is 15.0 Å². The number of nitrogens with one attached hydrogen (secondary N) is 1. The molecule has 2 heterocycles. The molecule has 138 valence electrons. The van der Waals surface area contributed by atoms with Gasteiger partial charge in [-0.25, -0.2) is 4.98 Å². The van der Waals surface area contributed by atoms with Gasteiger partial charge >= 0.3 is 0 Å². The van der Waals surface area contributed by atoms with Gasteiger partial charge in [-0.1, -0.05) is 30.3 Å². The Balaban J connectivity index is 1.45. The van der Waals surface area contributed by atoms with E-state index >= 15 is 0 Å². The van der Waals surface area contributed by atoms with Gasteiger partial charge in [0.05, 0.1) is 7.11 Å². The Morgan fingerprint density at radius 3 is 2.70 bits per heavy atom. The average Bonchev–Trinajstić information content (AvgIpc) is 3.12. The van der Waals surface area contributed by atoms with Crippen LogP contribution in [0.1, 0.15) is 16.8 Å². The Kier molecular flexibility index (Phi) is 4.92. The van der Waals surface area contributed by atoms with Crippen molar-refractivity contribution < 1.29 is 4.74 Å². The van der Waals surface area contributed by atoms with E-state index in [1.807, 2.05) is 25.1 Å². The highest BCUT2D eigenvalue weighted by atomic mass is 16.5. The zero-order valence-corrected chi connectivity index (χ0v) is 15.8. The van der Waals surface area contributed by atoms with E-state index in [0.29, 0.717) is 0 Å². The summed E-state index contributed by atoms with van der Waals surface area (Å²) in [6, 6.07) is 18.7. The molecule has 1 aliphatic heterocycles. The van der Waals surface area contributed by atoms with Crippen molar-refractivity contribution >= 4 is 17.5 Å². The predicted molar refractivity (Wildman–Crippen MR) is 109 cm³/mol. The second kappa shape index (κ2) is 7.66. The van der Waals surface area contributed by atoms with Gasteiger partial charge in [-0.15, -0.1) is 0 Å². The molecule has 3 aromatic rings. The molecule has 1 aromatic heterocycles. The molecule has 0 atom stereocenters. The Hall–Kier alpha value is -3.08. The van der Waals surface area contributed by atoms with Crippen molar-refractivity contribution in [2.45, 2.75) is 19.8 Å². The monoisotopic (exact) mass is 360 g/mol. The highest BCUT2D eigenvalue weighted by Gasteiger charge is 2.22. The van der Waals surface area contributed by atoms with Gasteiger partial charge in [-0.05, 0) is 49.1 Å². The van der Waals surface area contributed by atoms with Gasteiger partial charge in [0.2, 0.25) is 5.95 Å². The molecule has 27 heavy (non-hydrogen) atoms. The van der Waals surface area contributed by atoms with Crippen LogP contribution in [0.2, 0.25) is 0 Å². The lowest BCUT2D eigenvalue weighted by atomic mass is 10.1. The van der Waals surface area contributed by atoms with E-state index in [1.165, 1.54) is 16.8 Å². The minimum absolute atomic E-state index is 0.770. The Morgan fingerprint density at radius 2 is 1.89 bits per heavy atom. The first-order valence-corrected chi connectivity index (χ1v) is 9.31. The summed E-state index contributed by atoms with van der Waals surface area (Å²) in [4.78, 5) is 11.6. The molecule has 0 saturated heterocycles. The van der Waals surface area contributed by atoms with Crippen molar-refractivity contribution in [3.8, 4) is 5.75 Å². The van der Waals surface area contributed by atoms with Crippen LogP contribution in [0.4, 0.5) is 17.5 Å². The van der Waals surface area contributed by atoms with Gasteiger partial charge in [-0.2, -0.15) is 4.98 Å². The molecule has 0 bridgehead atoms. The highest BCUT2D eigenvalue weighted by molar-refractivity contribution is 5.66. The van der Waals surface area contributed by atoms with E-state index in [9.17, 15) is 0 Å². The summed E-state index contributed by atoms with van der Waals surface area (Å²) in [7, 11) is 1.68. The second-order valence-corrected chi connectivity index (χ2v) is 6.75. The van der Waals surface area contributed by atoms with Gasteiger partial charge in [0.1, 0.15) is 11.6 Å². The first-order chi connectivity index (χ1) is 13.2. The molecule has 0 unspecified atom stereocenters. The molecule has 0 spiro atoms. The van der Waals surface area contributed by atoms with E-state index in [-0.39, 0.29) is 0 Å². The van der Waals surface area contributed by atoms with Crippen LogP contribution >= 0.6 is 0 Å². The Bertz CT molecular complexity index is 924. The van der Waals surface area contributed by atoms with E-state index in [0.717, 1.165) is 49.1 Å². The number of fused-ring (bicyclic) bond motifs is 1. The standard InChI is InChI=1S/C22H24N4O/c1-16-15-21(23-13-11-17-7-9-19(27-2)10-8-17)25-22(24-16)26-14-12-18-5-3-4-6-20(18)26/h3-10,15H,11-14H2,1-2H3,(H,23,24,25). The quantitative estimate of drug-likeness (QED) is 0.716. The summed E-state index contributed by atoms with van der Waals surface area (Å²) in [5, 5.41) is 3.44. The number of ether oxygens (including phenoxy) is 1. The van der Waals surface area contributed by atoms with Crippen molar-refractivity contribution in [2.75, 3.05) is 30.4 Å². The maximum Gasteiger partial charge on any atom is 0.232 e. The third-order valence-corrected chi connectivity index (χ3v) is 4.85. The number of aryl methyl sites for hydroxylation is 1. The third-order valence-electron chi connectivity index (χ3n) is 4.85. The summed E-state index contributed by atoms with van der Waals surface area (Å²) in [6.07, 6.45) is 1.96. The summed E-state index contributed by atoms with van der Waals surface area (Å²) in [5.41, 5.74) is 4.81. The fraction of sp³-hybridized carbons (Fsp3) is 0.273. The number of aromatic nitrogens is 2. The summed E-state index contributed by atoms with van der Waals surface area (Å²) in [5.74, 6) is 2.52. The van der Waals surface area contributed by atoms with E-state index in [2.05, 4.69) is 51.6 Å². The molecular weight excluding hydrogens is 336 g/mol. The van der Waals surface area contributed by atoms with Crippen LogP contribution in [0.3, 0.4) is 0 Å². The number of para-hydroxylation sites is 1. The van der Waals surface area contributed by atoms with Crippen LogP contribution in [0.5, 0.6) is 5.75 Å². The molecule has 1 aliphatic rings. The summed E-state index contributed by atoms with van der Waals surface area (Å²) < 4.78 is 5.21. The number of hydrogen-bond donors (Lipinski definition) is 1. The molecule has 1 N–H and O–H groups in total. The highest BCUT2D eigenvalue weighted by Crippen LogP contribution is 2.32. The third kappa shape index (κ3) is 3.87. The maximum atomic E-state index is 5.21. The van der Waals surface area contributed by atoms with Crippen molar-refractivity contribution in [3.05, 3.63) is 71.4 Å². The number of benzene rings is 2. The molecular formula is C22H24N4O. The molecule has 5 nitrogen and oxygen atoms in total. The molecule has 2 aromatic carbocycles. The largest absolute Gasteiger partial charge is 0.497 e. The first-order valence-electron chi connectivity index (χ1n) is 9.31. The van der Waals surface area contributed by atoms with Crippen molar-refractivity contribution in [2.24, 2.45) is 0 Å². The van der Waals surface area contributed by atoms with Crippen LogP contribution in [0.25, 0.3) is 0 Å². The fourth-order valence-electron chi connectivity index (χ4n) is 3.44. The second-order valence-electron chi connectivity index (χ2n) is 6.75. The van der Waals surface area contributed by atoms with Crippen LogP contribution in [-0.4, -0.2) is 30.2 Å². The van der Waals surface area contributed by atoms with Gasteiger partial charge in [0, 0.05) is 30.5 Å². The molecule has 0 saturated carbocycles. The van der Waals surface area contributed by atoms with Gasteiger partial charge in [0.25, 0.3) is 0 Å². The van der Waals surface area contributed by atoms with Crippen LogP contribution in [0, 0.1) is 6.92 Å². The lowest BCUT2D eigenvalue weighted by Crippen LogP contribution is -2.18. The number of methoxy groups -OCH3 is 1. The van der Waals surface area contributed by atoms with Crippen LogP contribution in [-0.2, 0) is 12.8 Å². The zero-order valence-electron chi connectivity index (χ0n) is 15.8. The SMILES string of the molecule is COc1ccc(CCNc2cc(C)nc(N3CCc4ccccc43)n2)cc1. The molecule has 0 radical (unpaired) electrons. The number of nitrogens with zero attached hydrogens (tertiary/aromatic N) is 3. The van der Waals surface area contributed by atoms with Crippen molar-refractivity contribution in [1.82, 2.24) is 9.97 Å². The van der Waals surface area contributed by atoms with E-state index in [4.69, 9.17) is 9.72 Å². The molecule has 5 heteroatoms. The van der Waals surface area contributed by atoms with Crippen molar-refractivity contribution in [1.29, 1.82) is 0 Å². The maximum absolute atomic E-state index is 5.21. The number of anilines is 3. The summed E-state index contributed by atoms with van der Waals surface area (Å²) >= 11 is 0. The lowest BCUT2D eigenvalue weighted by Gasteiger charge is -2.18. The van der Waals surface area contributed by atoms with Gasteiger partial charge in [0.15, 0.2) is 0 Å². The molecule has 0 fully saturated rings. The lowest BCUT2D eigenvalue weighted by molar-refractivity contribution is 0.414. The Labute approximate surface area is 160 Å². The van der Waals surface area contributed by atoms with E-state index < -0.39 is 0 Å². The summed E-state index contributed by atoms with van der Waals surface area (Å²) in [6.45, 7) is 3.76. The minimum atomic E-state index is 0.770.